The molecule has 0 aliphatic carbocycles. The zero-order valence-electron chi connectivity index (χ0n) is 19.2. The number of alkyl halides is 3. The van der Waals surface area contributed by atoms with Gasteiger partial charge in [0.15, 0.2) is 0 Å². The van der Waals surface area contributed by atoms with Gasteiger partial charge in [-0.1, -0.05) is 23.7 Å². The SMILES string of the molecule is CC1(C)CC(c2ccc(C(F)(F)F)cc2Cl)c2ccc(S(=O)(=O)Oc3c(F)c(F)c(F)c(F)c3F)cc2O1. The third-order valence-electron chi connectivity index (χ3n) is 5.80. The fraction of sp³-hybridized carbons (Fsp3) is 0.250. The molecule has 0 spiro atoms. The minimum absolute atomic E-state index is 0.0794. The second-order valence-electron chi connectivity index (χ2n) is 8.99. The Balaban J connectivity index is 1.77. The first-order valence-electron chi connectivity index (χ1n) is 10.6. The first-order valence-corrected chi connectivity index (χ1v) is 12.4. The van der Waals surface area contributed by atoms with Gasteiger partial charge in [-0.25, -0.2) is 13.2 Å². The summed E-state index contributed by atoms with van der Waals surface area (Å²) in [4.78, 5) is -0.754. The van der Waals surface area contributed by atoms with Gasteiger partial charge < -0.3 is 8.92 Å². The van der Waals surface area contributed by atoms with Crippen molar-refractivity contribution >= 4 is 21.7 Å². The molecule has 1 unspecified atom stereocenters. The van der Waals surface area contributed by atoms with E-state index in [-0.39, 0.29) is 17.2 Å². The normalized spacial score (nSPS) is 17.1. The maximum Gasteiger partial charge on any atom is 0.416 e. The van der Waals surface area contributed by atoms with Crippen molar-refractivity contribution in [2.45, 2.75) is 42.9 Å². The summed E-state index contributed by atoms with van der Waals surface area (Å²) in [6.07, 6.45) is -4.41. The standard InChI is InChI=1S/C24H15ClF8O4S/c1-23(2)9-14(12-5-3-10(7-15(12)25)24(31,32)33)13-6-4-11(8-16(13)36-23)38(34,35)37-22-20(29)18(27)17(26)19(28)21(22)30/h3-8,14H,9H2,1-2H3. The predicted molar refractivity (Wildman–Crippen MR) is 118 cm³/mol. The number of hydrogen-bond donors (Lipinski definition) is 0. The van der Waals surface area contributed by atoms with Crippen molar-refractivity contribution in [2.24, 2.45) is 0 Å². The van der Waals surface area contributed by atoms with Gasteiger partial charge in [0.1, 0.15) is 16.2 Å². The maximum atomic E-state index is 14.0. The van der Waals surface area contributed by atoms with Crippen LogP contribution in [0.3, 0.4) is 0 Å². The molecule has 1 heterocycles. The zero-order chi connectivity index (χ0) is 28.4. The molecule has 1 aliphatic heterocycles. The van der Waals surface area contributed by atoms with Crippen molar-refractivity contribution < 1.29 is 52.5 Å². The molecule has 1 atom stereocenters. The van der Waals surface area contributed by atoms with Gasteiger partial charge in [-0.3, -0.25) is 0 Å². The predicted octanol–water partition coefficient (Wildman–Crippen LogP) is 7.52. The molecule has 38 heavy (non-hydrogen) atoms. The van der Waals surface area contributed by atoms with Gasteiger partial charge in [0, 0.05) is 22.6 Å². The molecule has 3 aromatic rings. The minimum Gasteiger partial charge on any atom is -0.487 e. The van der Waals surface area contributed by atoms with Crippen molar-refractivity contribution in [3.63, 3.8) is 0 Å². The number of fused-ring (bicyclic) bond motifs is 1. The van der Waals surface area contributed by atoms with E-state index in [0.29, 0.717) is 11.1 Å². The maximum absolute atomic E-state index is 14.0. The van der Waals surface area contributed by atoms with E-state index in [1.165, 1.54) is 12.1 Å². The van der Waals surface area contributed by atoms with Gasteiger partial charge in [0.25, 0.3) is 0 Å². The molecule has 3 aromatic carbocycles. The van der Waals surface area contributed by atoms with Crippen LogP contribution < -0.4 is 8.92 Å². The number of rotatable bonds is 4. The molecule has 0 saturated carbocycles. The second kappa shape index (κ2) is 9.30. The Morgan fingerprint density at radius 2 is 1.45 bits per heavy atom. The van der Waals surface area contributed by atoms with Gasteiger partial charge >= 0.3 is 16.3 Å². The molecule has 0 saturated heterocycles. The molecule has 0 amide bonds. The summed E-state index contributed by atoms with van der Waals surface area (Å²) in [5, 5.41) is -0.195. The molecule has 0 N–H and O–H groups in total. The third-order valence-corrected chi connectivity index (χ3v) is 7.34. The highest BCUT2D eigenvalue weighted by Gasteiger charge is 2.38. The van der Waals surface area contributed by atoms with Crippen LogP contribution in [-0.4, -0.2) is 14.0 Å². The Hall–Kier alpha value is -3.06. The van der Waals surface area contributed by atoms with Crippen LogP contribution in [-0.2, 0) is 16.3 Å². The third kappa shape index (κ3) is 5.00. The lowest BCUT2D eigenvalue weighted by Crippen LogP contribution is -2.35. The molecule has 0 bridgehead atoms. The highest BCUT2D eigenvalue weighted by molar-refractivity contribution is 7.87. The summed E-state index contributed by atoms with van der Waals surface area (Å²) in [6.45, 7) is 3.24. The summed E-state index contributed by atoms with van der Waals surface area (Å²) in [5.41, 5.74) is -1.34. The van der Waals surface area contributed by atoms with E-state index in [1.54, 1.807) is 13.8 Å². The van der Waals surface area contributed by atoms with Gasteiger partial charge in [-0.15, -0.1) is 0 Å². The molecule has 4 rings (SSSR count). The van der Waals surface area contributed by atoms with E-state index in [1.807, 2.05) is 0 Å². The van der Waals surface area contributed by atoms with Crippen LogP contribution in [0, 0.1) is 29.1 Å². The van der Waals surface area contributed by atoms with Crippen molar-refractivity contribution in [3.8, 4) is 11.5 Å². The Morgan fingerprint density at radius 1 is 0.895 bits per heavy atom. The largest absolute Gasteiger partial charge is 0.487 e. The van der Waals surface area contributed by atoms with Crippen LogP contribution in [0.15, 0.2) is 41.3 Å². The number of halogens is 9. The van der Waals surface area contributed by atoms with Gasteiger partial charge in [-0.2, -0.15) is 30.4 Å². The fourth-order valence-corrected chi connectivity index (χ4v) is 5.33. The monoisotopic (exact) mass is 586 g/mol. The van der Waals surface area contributed by atoms with Crippen LogP contribution in [0.5, 0.6) is 11.5 Å². The summed E-state index contributed by atoms with van der Waals surface area (Å²) >= 11 is 6.17. The van der Waals surface area contributed by atoms with E-state index in [2.05, 4.69) is 4.18 Å². The highest BCUT2D eigenvalue weighted by atomic mass is 35.5. The topological polar surface area (TPSA) is 52.6 Å². The van der Waals surface area contributed by atoms with Gasteiger partial charge in [0.05, 0.1) is 5.56 Å². The smallest absolute Gasteiger partial charge is 0.416 e. The van der Waals surface area contributed by atoms with E-state index in [0.717, 1.165) is 24.3 Å². The van der Waals surface area contributed by atoms with Gasteiger partial charge in [0.2, 0.25) is 34.8 Å². The number of hydrogen-bond acceptors (Lipinski definition) is 4. The molecule has 4 nitrogen and oxygen atoms in total. The molecular weight excluding hydrogens is 572 g/mol. The van der Waals surface area contributed by atoms with E-state index in [9.17, 15) is 43.5 Å². The first kappa shape index (κ1) is 28.0. The van der Waals surface area contributed by atoms with Crippen molar-refractivity contribution in [3.05, 3.63) is 87.2 Å². The summed E-state index contributed by atoms with van der Waals surface area (Å²) in [6, 6.07) is 5.85. The molecule has 0 radical (unpaired) electrons. The summed E-state index contributed by atoms with van der Waals surface area (Å²) < 4.78 is 143. The second-order valence-corrected chi connectivity index (χ2v) is 10.9. The minimum atomic E-state index is -5.15. The molecular formula is C24H15ClF8O4S. The van der Waals surface area contributed by atoms with Crippen LogP contribution in [0.4, 0.5) is 35.1 Å². The molecule has 0 aromatic heterocycles. The lowest BCUT2D eigenvalue weighted by Gasteiger charge is -2.38. The average molecular weight is 587 g/mol. The molecule has 0 fully saturated rings. The summed E-state index contributed by atoms with van der Waals surface area (Å²) in [7, 11) is -5.15. The Labute approximate surface area is 215 Å². The highest BCUT2D eigenvalue weighted by Crippen LogP contribution is 2.47. The molecule has 204 valence electrons. The number of benzene rings is 3. The lowest BCUT2D eigenvalue weighted by atomic mass is 9.80. The average Bonchev–Trinajstić information content (AvgIpc) is 2.82. The van der Waals surface area contributed by atoms with Crippen LogP contribution >= 0.6 is 11.6 Å². The Bertz CT molecular complexity index is 1520. The van der Waals surface area contributed by atoms with E-state index < -0.39 is 73.1 Å². The van der Waals surface area contributed by atoms with Gasteiger partial charge in [-0.05, 0) is 44.0 Å². The Morgan fingerprint density at radius 3 is 2.00 bits per heavy atom. The first-order chi connectivity index (χ1) is 17.4. The van der Waals surface area contributed by atoms with E-state index in [4.69, 9.17) is 16.3 Å². The van der Waals surface area contributed by atoms with Crippen LogP contribution in [0.2, 0.25) is 5.02 Å². The fourth-order valence-electron chi connectivity index (χ4n) is 4.07. The van der Waals surface area contributed by atoms with Crippen molar-refractivity contribution in [2.75, 3.05) is 0 Å². The van der Waals surface area contributed by atoms with E-state index >= 15 is 0 Å². The quantitative estimate of drug-likeness (QED) is 0.137. The van der Waals surface area contributed by atoms with Crippen LogP contribution in [0.1, 0.15) is 42.9 Å². The molecule has 1 aliphatic rings. The lowest BCUT2D eigenvalue weighted by molar-refractivity contribution is -0.137. The molecule has 14 heteroatoms. The number of ether oxygens (including phenoxy) is 1. The van der Waals surface area contributed by atoms with Crippen molar-refractivity contribution in [1.29, 1.82) is 0 Å². The van der Waals surface area contributed by atoms with Crippen molar-refractivity contribution in [1.82, 2.24) is 0 Å². The summed E-state index contributed by atoms with van der Waals surface area (Å²) in [5.74, 6) is -15.0. The zero-order valence-corrected chi connectivity index (χ0v) is 20.8. The van der Waals surface area contributed by atoms with Crippen LogP contribution in [0.25, 0.3) is 0 Å². The Kier molecular flexibility index (Phi) is 6.84.